The smallest absolute Gasteiger partial charge is 0.264 e. The summed E-state index contributed by atoms with van der Waals surface area (Å²) < 4.78 is 34.1. The number of carbonyl (C=O) groups is 1. The molecule has 1 aliphatic heterocycles. The molecule has 0 radical (unpaired) electrons. The van der Waals surface area contributed by atoms with Crippen LogP contribution in [0.2, 0.25) is 0 Å². The van der Waals surface area contributed by atoms with Gasteiger partial charge in [-0.05, 0) is 73.9 Å². The van der Waals surface area contributed by atoms with E-state index in [0.717, 1.165) is 42.4 Å². The third kappa shape index (κ3) is 7.31. The molecule has 0 bridgehead atoms. The van der Waals surface area contributed by atoms with Crippen molar-refractivity contribution < 1.29 is 22.1 Å². The second-order valence-electron chi connectivity index (χ2n) is 9.80. The van der Waals surface area contributed by atoms with Crippen LogP contribution in [0.3, 0.4) is 0 Å². The van der Waals surface area contributed by atoms with E-state index in [-0.39, 0.29) is 24.0 Å². The molecule has 1 heterocycles. The Labute approximate surface area is 210 Å². The molecule has 1 saturated heterocycles. The van der Waals surface area contributed by atoms with E-state index in [1.165, 1.54) is 11.1 Å². The monoisotopic (exact) mass is 501 g/mol. The van der Waals surface area contributed by atoms with Crippen LogP contribution in [0.25, 0.3) is 0 Å². The number of nitrogens with zero attached hydrogens (tertiary/aromatic N) is 1. The van der Waals surface area contributed by atoms with Gasteiger partial charge in [0, 0.05) is 18.5 Å². The Morgan fingerprint density at radius 3 is 2.49 bits per heavy atom. The number of likely N-dealkylation sites (tertiary alicyclic amines) is 1. The van der Waals surface area contributed by atoms with E-state index in [4.69, 9.17) is 8.92 Å². The lowest BCUT2D eigenvalue weighted by Gasteiger charge is -2.31. The molecule has 0 aromatic heterocycles. The lowest BCUT2D eigenvalue weighted by Crippen LogP contribution is -2.36. The maximum atomic E-state index is 13.3. The summed E-state index contributed by atoms with van der Waals surface area (Å²) in [5.41, 5.74) is 4.38. The predicted octanol–water partition coefficient (Wildman–Crippen LogP) is 4.68. The Balaban J connectivity index is 1.81. The summed E-state index contributed by atoms with van der Waals surface area (Å²) >= 11 is 0. The largest absolute Gasteiger partial charge is 0.491 e. The van der Waals surface area contributed by atoms with E-state index in [9.17, 15) is 13.2 Å². The zero-order valence-corrected chi connectivity index (χ0v) is 22.5. The van der Waals surface area contributed by atoms with Gasteiger partial charge >= 0.3 is 0 Å². The summed E-state index contributed by atoms with van der Waals surface area (Å²) in [6.45, 7) is 9.55. The summed E-state index contributed by atoms with van der Waals surface area (Å²) in [6, 6.07) is 14.3. The second kappa shape index (κ2) is 11.6. The molecule has 0 spiro atoms. The van der Waals surface area contributed by atoms with Crippen molar-refractivity contribution in [3.05, 3.63) is 64.7 Å². The Morgan fingerprint density at radius 2 is 1.83 bits per heavy atom. The molecule has 1 fully saturated rings. The van der Waals surface area contributed by atoms with Crippen molar-refractivity contribution in [2.45, 2.75) is 71.3 Å². The fourth-order valence-corrected chi connectivity index (χ4v) is 5.36. The fraction of sp³-hybridized carbons (Fsp3) is 0.536. The van der Waals surface area contributed by atoms with Crippen molar-refractivity contribution in [3.63, 3.8) is 0 Å². The molecule has 1 amide bonds. The predicted molar refractivity (Wildman–Crippen MR) is 139 cm³/mol. The number of hydrogen-bond donors (Lipinski definition) is 0. The highest BCUT2D eigenvalue weighted by atomic mass is 32.2. The number of rotatable bonds is 11. The highest BCUT2D eigenvalue weighted by Gasteiger charge is 2.41. The molecule has 0 saturated carbocycles. The van der Waals surface area contributed by atoms with E-state index in [0.29, 0.717) is 25.9 Å². The molecule has 192 valence electrons. The summed E-state index contributed by atoms with van der Waals surface area (Å²) in [5.74, 6) is 0.834. The molecule has 1 aliphatic rings. The van der Waals surface area contributed by atoms with Gasteiger partial charge in [0.25, 0.3) is 10.1 Å². The third-order valence-corrected chi connectivity index (χ3v) is 7.39. The summed E-state index contributed by atoms with van der Waals surface area (Å²) in [4.78, 5) is 15.2. The van der Waals surface area contributed by atoms with Gasteiger partial charge in [0.15, 0.2) is 0 Å². The van der Waals surface area contributed by atoms with E-state index in [1.54, 1.807) is 0 Å². The van der Waals surface area contributed by atoms with Gasteiger partial charge in [-0.15, -0.1) is 0 Å². The van der Waals surface area contributed by atoms with Gasteiger partial charge in [0.05, 0.1) is 25.4 Å². The van der Waals surface area contributed by atoms with Crippen LogP contribution < -0.4 is 4.74 Å². The molecule has 3 rings (SSSR count). The summed E-state index contributed by atoms with van der Waals surface area (Å²) in [7, 11) is -3.52. The van der Waals surface area contributed by atoms with Crippen molar-refractivity contribution in [1.82, 2.24) is 4.90 Å². The maximum absolute atomic E-state index is 13.3. The summed E-state index contributed by atoms with van der Waals surface area (Å²) in [5, 5.41) is 0. The molecule has 0 unspecified atom stereocenters. The third-order valence-electron chi connectivity index (χ3n) is 6.79. The number of ether oxygens (including phenoxy) is 1. The van der Waals surface area contributed by atoms with Crippen LogP contribution in [0.1, 0.15) is 62.8 Å². The molecule has 2 aromatic rings. The van der Waals surface area contributed by atoms with Crippen LogP contribution in [0.4, 0.5) is 0 Å². The standard InChI is InChI=1S/C28H39NO5S/c1-6-23-11-12-25(19-24(23)7-2)28(14-16-33-35(5,31)32)13-15-29(20-28)27(30)18-22-9-8-10-26(17-22)34-21(3)4/h8-12,17,19,21H,6-7,13-16,18,20H2,1-5H3/t28-/m1/s1. The van der Waals surface area contributed by atoms with Crippen molar-refractivity contribution >= 4 is 16.0 Å². The van der Waals surface area contributed by atoms with E-state index in [1.807, 2.05) is 43.0 Å². The SMILES string of the molecule is CCc1ccc([C@@]2(CCOS(C)(=O)=O)CCN(C(=O)Cc3cccc(OC(C)C)c3)C2)cc1CC. The molecule has 0 N–H and O–H groups in total. The average Bonchev–Trinajstić information content (AvgIpc) is 3.23. The van der Waals surface area contributed by atoms with Crippen LogP contribution in [-0.4, -0.2) is 51.3 Å². The van der Waals surface area contributed by atoms with Gasteiger partial charge in [0.2, 0.25) is 5.91 Å². The van der Waals surface area contributed by atoms with Crippen molar-refractivity contribution in [1.29, 1.82) is 0 Å². The molecule has 1 atom stereocenters. The zero-order chi connectivity index (χ0) is 25.6. The zero-order valence-electron chi connectivity index (χ0n) is 21.7. The number of benzene rings is 2. The normalized spacial score (nSPS) is 18.3. The average molecular weight is 502 g/mol. The summed E-state index contributed by atoms with van der Waals surface area (Å²) in [6.07, 6.45) is 4.67. The first-order chi connectivity index (χ1) is 16.5. The number of amides is 1. The van der Waals surface area contributed by atoms with Gasteiger partial charge in [-0.3, -0.25) is 8.98 Å². The van der Waals surface area contributed by atoms with Crippen molar-refractivity contribution in [2.75, 3.05) is 26.0 Å². The Hall–Kier alpha value is -2.38. The van der Waals surface area contributed by atoms with Crippen LogP contribution in [0, 0.1) is 0 Å². The van der Waals surface area contributed by atoms with Crippen LogP contribution in [0.5, 0.6) is 5.75 Å². The first-order valence-corrected chi connectivity index (χ1v) is 14.4. The van der Waals surface area contributed by atoms with Crippen LogP contribution in [0.15, 0.2) is 42.5 Å². The lowest BCUT2D eigenvalue weighted by molar-refractivity contribution is -0.129. The van der Waals surface area contributed by atoms with E-state index < -0.39 is 10.1 Å². The topological polar surface area (TPSA) is 72.9 Å². The Morgan fingerprint density at radius 1 is 1.09 bits per heavy atom. The first kappa shape index (κ1) is 27.2. The number of carbonyl (C=O) groups excluding carboxylic acids is 1. The molecule has 2 aromatic carbocycles. The van der Waals surface area contributed by atoms with Gasteiger partial charge in [0.1, 0.15) is 5.75 Å². The fourth-order valence-electron chi connectivity index (χ4n) is 4.97. The van der Waals surface area contributed by atoms with E-state index in [2.05, 4.69) is 32.0 Å². The molecule has 0 aliphatic carbocycles. The van der Waals surface area contributed by atoms with Gasteiger partial charge in [-0.2, -0.15) is 8.42 Å². The molecule has 7 heteroatoms. The Bertz CT molecular complexity index is 1130. The highest BCUT2D eigenvalue weighted by molar-refractivity contribution is 7.85. The Kier molecular flexibility index (Phi) is 9.00. The number of aryl methyl sites for hydroxylation is 2. The first-order valence-electron chi connectivity index (χ1n) is 12.6. The minimum atomic E-state index is -3.52. The minimum absolute atomic E-state index is 0.0681. The second-order valence-corrected chi connectivity index (χ2v) is 11.4. The highest BCUT2D eigenvalue weighted by Crippen LogP contribution is 2.39. The number of hydrogen-bond acceptors (Lipinski definition) is 5. The van der Waals surface area contributed by atoms with Gasteiger partial charge in [-0.25, -0.2) is 0 Å². The van der Waals surface area contributed by atoms with Gasteiger partial charge in [-0.1, -0.05) is 44.2 Å². The quantitative estimate of drug-likeness (QED) is 0.418. The maximum Gasteiger partial charge on any atom is 0.264 e. The van der Waals surface area contributed by atoms with Crippen molar-refractivity contribution in [3.8, 4) is 5.75 Å². The lowest BCUT2D eigenvalue weighted by atomic mass is 9.76. The molecular weight excluding hydrogens is 462 g/mol. The minimum Gasteiger partial charge on any atom is -0.491 e. The van der Waals surface area contributed by atoms with Crippen LogP contribution in [-0.2, 0) is 43.8 Å². The van der Waals surface area contributed by atoms with Gasteiger partial charge < -0.3 is 9.64 Å². The van der Waals surface area contributed by atoms with Crippen molar-refractivity contribution in [2.24, 2.45) is 0 Å². The van der Waals surface area contributed by atoms with E-state index >= 15 is 0 Å². The van der Waals surface area contributed by atoms with Crippen LogP contribution >= 0.6 is 0 Å². The molecule has 6 nitrogen and oxygen atoms in total. The molecular formula is C28H39NO5S. The molecule has 35 heavy (non-hydrogen) atoms.